The molecule has 100 valence electrons. The van der Waals surface area contributed by atoms with Gasteiger partial charge < -0.3 is 16.2 Å². The number of carbonyl (C=O) groups is 2. The van der Waals surface area contributed by atoms with Crippen molar-refractivity contribution in [1.82, 2.24) is 5.32 Å². The molecule has 0 radical (unpaired) electrons. The van der Waals surface area contributed by atoms with Crippen molar-refractivity contribution in [2.24, 2.45) is 5.73 Å². The second-order valence-electron chi connectivity index (χ2n) is 3.81. The fourth-order valence-electron chi connectivity index (χ4n) is 1.09. The second-order valence-corrected chi connectivity index (χ2v) is 6.07. The molecule has 0 aliphatic rings. The summed E-state index contributed by atoms with van der Waals surface area (Å²) in [6, 6.07) is -0.871. The quantitative estimate of drug-likeness (QED) is 0.470. The molecule has 0 saturated carbocycles. The van der Waals surface area contributed by atoms with Gasteiger partial charge in [0, 0.05) is 19.2 Å². The highest BCUT2D eigenvalue weighted by atomic mass is 32.2. The van der Waals surface area contributed by atoms with Crippen molar-refractivity contribution in [2.75, 3.05) is 18.6 Å². The van der Waals surface area contributed by atoms with Gasteiger partial charge in [-0.25, -0.2) is 8.42 Å². The Hall–Kier alpha value is -1.15. The van der Waals surface area contributed by atoms with Crippen molar-refractivity contribution >= 4 is 21.7 Å². The molecular weight excluding hydrogens is 248 g/mol. The van der Waals surface area contributed by atoms with Crippen LogP contribution in [0.15, 0.2) is 0 Å². The Kier molecular flexibility index (Phi) is 6.74. The third kappa shape index (κ3) is 9.76. The van der Waals surface area contributed by atoms with Crippen LogP contribution in [0.4, 0.5) is 0 Å². The Bertz CT molecular complexity index is 366. The van der Waals surface area contributed by atoms with Gasteiger partial charge in [0.25, 0.3) is 0 Å². The van der Waals surface area contributed by atoms with Crippen LogP contribution in [0.5, 0.6) is 0 Å². The first kappa shape index (κ1) is 15.9. The summed E-state index contributed by atoms with van der Waals surface area (Å²) >= 11 is 0. The number of amides is 1. The maximum Gasteiger partial charge on any atom is 0.303 e. The number of nitrogens with two attached hydrogens (primary N) is 1. The average molecular weight is 266 g/mol. The third-order valence-corrected chi connectivity index (χ3v) is 3.03. The Morgan fingerprint density at radius 1 is 1.41 bits per heavy atom. The van der Waals surface area contributed by atoms with Crippen molar-refractivity contribution in [3.05, 3.63) is 0 Å². The van der Waals surface area contributed by atoms with Crippen LogP contribution in [-0.2, 0) is 19.4 Å². The molecule has 0 bridgehead atoms. The van der Waals surface area contributed by atoms with E-state index in [0.717, 1.165) is 6.26 Å². The van der Waals surface area contributed by atoms with Gasteiger partial charge in [0.15, 0.2) is 0 Å². The van der Waals surface area contributed by atoms with E-state index in [-0.39, 0.29) is 25.1 Å². The molecule has 0 spiro atoms. The standard InChI is InChI=1S/C9H18N2O5S/c1-17(15,16)6-2-5-11-9(14)7(10)3-4-8(12)13/h7H,2-6,10H2,1H3,(H,11,14)(H,12,13). The maximum atomic E-state index is 11.3. The third-order valence-electron chi connectivity index (χ3n) is 2.00. The monoisotopic (exact) mass is 266 g/mol. The largest absolute Gasteiger partial charge is 0.481 e. The number of rotatable bonds is 8. The van der Waals surface area contributed by atoms with Crippen LogP contribution in [0.2, 0.25) is 0 Å². The van der Waals surface area contributed by atoms with Gasteiger partial charge in [-0.3, -0.25) is 9.59 Å². The van der Waals surface area contributed by atoms with Gasteiger partial charge in [-0.15, -0.1) is 0 Å². The fraction of sp³-hybridized carbons (Fsp3) is 0.778. The number of nitrogens with one attached hydrogen (secondary N) is 1. The van der Waals surface area contributed by atoms with Crippen LogP contribution in [0.25, 0.3) is 0 Å². The van der Waals surface area contributed by atoms with Crippen molar-refractivity contribution < 1.29 is 23.1 Å². The first-order valence-corrected chi connectivity index (χ1v) is 7.21. The van der Waals surface area contributed by atoms with Crippen LogP contribution in [0.1, 0.15) is 19.3 Å². The SMILES string of the molecule is CS(=O)(=O)CCCNC(=O)C(N)CCC(=O)O. The zero-order chi connectivity index (χ0) is 13.5. The predicted octanol–water partition coefficient (Wildman–Crippen LogP) is -1.27. The molecule has 0 aliphatic heterocycles. The summed E-state index contributed by atoms with van der Waals surface area (Å²) in [5.41, 5.74) is 5.44. The lowest BCUT2D eigenvalue weighted by Gasteiger charge is -2.10. The van der Waals surface area contributed by atoms with E-state index in [1.54, 1.807) is 0 Å². The molecule has 8 heteroatoms. The smallest absolute Gasteiger partial charge is 0.303 e. The summed E-state index contributed by atoms with van der Waals surface area (Å²) < 4.78 is 21.6. The highest BCUT2D eigenvalue weighted by molar-refractivity contribution is 7.90. The summed E-state index contributed by atoms with van der Waals surface area (Å²) in [6.07, 6.45) is 1.33. The topological polar surface area (TPSA) is 127 Å². The van der Waals surface area contributed by atoms with E-state index in [0.29, 0.717) is 6.42 Å². The molecule has 0 heterocycles. The summed E-state index contributed by atoms with van der Waals surface area (Å²) in [5, 5.41) is 10.9. The molecule has 17 heavy (non-hydrogen) atoms. The van der Waals surface area contributed by atoms with Crippen LogP contribution >= 0.6 is 0 Å². The van der Waals surface area contributed by atoms with Gasteiger partial charge in [0.2, 0.25) is 5.91 Å². The highest BCUT2D eigenvalue weighted by Gasteiger charge is 2.14. The summed E-state index contributed by atoms with van der Waals surface area (Å²) in [4.78, 5) is 21.5. The zero-order valence-corrected chi connectivity index (χ0v) is 10.5. The van der Waals surface area contributed by atoms with Gasteiger partial charge in [0.05, 0.1) is 11.8 Å². The number of aliphatic carboxylic acids is 1. The van der Waals surface area contributed by atoms with Gasteiger partial charge in [-0.1, -0.05) is 0 Å². The molecule has 1 unspecified atom stereocenters. The van der Waals surface area contributed by atoms with E-state index in [2.05, 4.69) is 5.32 Å². The van der Waals surface area contributed by atoms with Gasteiger partial charge >= 0.3 is 5.97 Å². The number of hydrogen-bond donors (Lipinski definition) is 3. The number of carboxylic acids is 1. The highest BCUT2D eigenvalue weighted by Crippen LogP contribution is 1.95. The second kappa shape index (κ2) is 7.23. The van der Waals surface area contributed by atoms with Crippen LogP contribution in [0.3, 0.4) is 0 Å². The molecule has 0 saturated heterocycles. The van der Waals surface area contributed by atoms with Crippen LogP contribution in [-0.4, -0.2) is 50.0 Å². The molecule has 7 nitrogen and oxygen atoms in total. The van der Waals surface area contributed by atoms with Crippen LogP contribution in [0, 0.1) is 0 Å². The minimum atomic E-state index is -3.02. The minimum Gasteiger partial charge on any atom is -0.481 e. The summed E-state index contributed by atoms with van der Waals surface area (Å²) in [6.45, 7) is 0.215. The Morgan fingerprint density at radius 2 is 2.00 bits per heavy atom. The lowest BCUT2D eigenvalue weighted by atomic mass is 10.1. The van der Waals surface area contributed by atoms with Gasteiger partial charge in [-0.2, -0.15) is 0 Å². The van der Waals surface area contributed by atoms with Crippen molar-refractivity contribution in [2.45, 2.75) is 25.3 Å². The number of sulfone groups is 1. The Balaban J connectivity index is 3.75. The van der Waals surface area contributed by atoms with Crippen LogP contribution < -0.4 is 11.1 Å². The molecular formula is C9H18N2O5S. The predicted molar refractivity (Wildman–Crippen MR) is 62.2 cm³/mol. The molecule has 0 rings (SSSR count). The van der Waals surface area contributed by atoms with E-state index in [1.165, 1.54) is 0 Å². The molecule has 0 aromatic rings. The Labute approximate surface area is 100 Å². The van der Waals surface area contributed by atoms with Crippen molar-refractivity contribution in [1.29, 1.82) is 0 Å². The molecule has 0 aromatic carbocycles. The van der Waals surface area contributed by atoms with Crippen molar-refractivity contribution in [3.8, 4) is 0 Å². The lowest BCUT2D eigenvalue weighted by Crippen LogP contribution is -2.41. The normalized spacial score (nSPS) is 13.1. The summed E-state index contributed by atoms with van der Waals surface area (Å²) in [5.74, 6) is -1.47. The number of carbonyl (C=O) groups excluding carboxylic acids is 1. The van der Waals surface area contributed by atoms with E-state index < -0.39 is 27.8 Å². The van der Waals surface area contributed by atoms with E-state index in [1.807, 2.05) is 0 Å². The first-order chi connectivity index (χ1) is 7.72. The molecule has 1 atom stereocenters. The van der Waals surface area contributed by atoms with E-state index >= 15 is 0 Å². The van der Waals surface area contributed by atoms with Gasteiger partial charge in [0.1, 0.15) is 9.84 Å². The van der Waals surface area contributed by atoms with Gasteiger partial charge in [-0.05, 0) is 12.8 Å². The van der Waals surface area contributed by atoms with E-state index in [9.17, 15) is 18.0 Å². The fourth-order valence-corrected chi connectivity index (χ4v) is 1.76. The number of carboxylic acid groups (broad SMARTS) is 1. The molecule has 0 aromatic heterocycles. The molecule has 0 fully saturated rings. The summed E-state index contributed by atoms with van der Waals surface area (Å²) in [7, 11) is -3.02. The maximum absolute atomic E-state index is 11.3. The zero-order valence-electron chi connectivity index (χ0n) is 9.68. The minimum absolute atomic E-state index is 0.00234. The molecule has 0 aliphatic carbocycles. The lowest BCUT2D eigenvalue weighted by molar-refractivity contribution is -0.137. The van der Waals surface area contributed by atoms with E-state index in [4.69, 9.17) is 10.8 Å². The Morgan fingerprint density at radius 3 is 2.47 bits per heavy atom. The number of hydrogen-bond acceptors (Lipinski definition) is 5. The first-order valence-electron chi connectivity index (χ1n) is 5.15. The average Bonchev–Trinajstić information content (AvgIpc) is 2.19. The van der Waals surface area contributed by atoms with Crippen molar-refractivity contribution in [3.63, 3.8) is 0 Å². The molecule has 1 amide bonds. The molecule has 4 N–H and O–H groups in total.